The molecule has 3 heteroatoms. The molecule has 2 nitrogen and oxygen atoms in total. The van der Waals surface area contributed by atoms with Gasteiger partial charge in [-0.3, -0.25) is 0 Å². The highest BCUT2D eigenvalue weighted by Gasteiger charge is 2.48. The first-order valence-electron chi connectivity index (χ1n) is 18.2. The molecule has 0 aliphatic carbocycles. The number of fused-ring (bicyclic) bond motifs is 12. The number of hydrogen-bond acceptors (Lipinski definition) is 2. The van der Waals surface area contributed by atoms with Crippen molar-refractivity contribution < 1.29 is 0 Å². The van der Waals surface area contributed by atoms with Crippen molar-refractivity contribution >= 4 is 78.5 Å². The maximum atomic E-state index is 2.63. The van der Waals surface area contributed by atoms with Crippen LogP contribution in [0.5, 0.6) is 0 Å². The summed E-state index contributed by atoms with van der Waals surface area (Å²) in [5.41, 5.74) is 17.9. The average molecular weight is 659 g/mol. The van der Waals surface area contributed by atoms with Crippen LogP contribution in [0.3, 0.4) is 0 Å². The van der Waals surface area contributed by atoms with Crippen LogP contribution < -0.4 is 20.6 Å². The quantitative estimate of drug-likeness (QED) is 0.135. The molecule has 0 spiro atoms. The number of nitrogens with zero attached hydrogens (tertiary/aromatic N) is 2. The van der Waals surface area contributed by atoms with Crippen molar-refractivity contribution in [3.63, 3.8) is 0 Å². The van der Waals surface area contributed by atoms with E-state index in [9.17, 15) is 0 Å². The van der Waals surface area contributed by atoms with Crippen LogP contribution >= 0.6 is 0 Å². The molecule has 0 bridgehead atoms. The predicted octanol–water partition coefficient (Wildman–Crippen LogP) is 11.8. The van der Waals surface area contributed by atoms with Crippen molar-refractivity contribution in [1.29, 1.82) is 0 Å². The Kier molecular flexibility index (Phi) is 5.55. The summed E-state index contributed by atoms with van der Waals surface area (Å²) in [6, 6.07) is 63.6. The van der Waals surface area contributed by atoms with E-state index in [0.29, 0.717) is 0 Å². The van der Waals surface area contributed by atoms with Gasteiger partial charge in [-0.15, -0.1) is 0 Å². The molecule has 0 aromatic heterocycles. The van der Waals surface area contributed by atoms with Crippen molar-refractivity contribution in [2.24, 2.45) is 0 Å². The van der Waals surface area contributed by atoms with E-state index in [2.05, 4.69) is 186 Å². The summed E-state index contributed by atoms with van der Waals surface area (Å²) >= 11 is 0. The number of benzene rings is 9. The highest BCUT2D eigenvalue weighted by molar-refractivity contribution is 6.95. The molecule has 0 atom stereocenters. The molecule has 0 unspecified atom stereocenters. The summed E-state index contributed by atoms with van der Waals surface area (Å²) in [5.74, 6) is 0. The number of aryl methyl sites for hydroxylation is 1. The number of anilines is 5. The third-order valence-electron chi connectivity index (χ3n) is 11.8. The average Bonchev–Trinajstić information content (AvgIpc) is 3.21. The molecule has 3 heterocycles. The Morgan fingerprint density at radius 1 is 0.365 bits per heavy atom. The Labute approximate surface area is 302 Å². The van der Waals surface area contributed by atoms with E-state index in [1.807, 2.05) is 0 Å². The monoisotopic (exact) mass is 658 g/mol. The van der Waals surface area contributed by atoms with Crippen LogP contribution in [-0.4, -0.2) is 6.85 Å². The smallest absolute Gasteiger partial charge is 0.333 e. The minimum atomic E-state index is 0.0594. The lowest BCUT2D eigenvalue weighted by molar-refractivity contribution is 1.26. The molecule has 0 radical (unpaired) electrons. The molecule has 0 saturated carbocycles. The molecule has 0 saturated heterocycles. The van der Waals surface area contributed by atoms with Crippen molar-refractivity contribution in [1.82, 2.24) is 0 Å². The highest BCUT2D eigenvalue weighted by Crippen LogP contribution is 2.52. The molecule has 240 valence electrons. The summed E-state index contributed by atoms with van der Waals surface area (Å²) < 4.78 is 0. The zero-order valence-electron chi connectivity index (χ0n) is 28.6. The van der Waals surface area contributed by atoms with Gasteiger partial charge >= 0.3 is 6.85 Å². The first kappa shape index (κ1) is 28.2. The largest absolute Gasteiger partial charge is 0.376 e. The molecule has 9 aromatic carbocycles. The lowest BCUT2D eigenvalue weighted by Gasteiger charge is -2.49. The Morgan fingerprint density at radius 2 is 0.923 bits per heavy atom. The van der Waals surface area contributed by atoms with E-state index < -0.39 is 0 Å². The van der Waals surface area contributed by atoms with Crippen molar-refractivity contribution in [2.75, 3.05) is 9.71 Å². The fraction of sp³-hybridized carbons (Fsp3) is 0.0204. The van der Waals surface area contributed by atoms with Gasteiger partial charge < -0.3 is 9.71 Å². The van der Waals surface area contributed by atoms with Crippen LogP contribution in [0.25, 0.3) is 65.7 Å². The molecule has 52 heavy (non-hydrogen) atoms. The third kappa shape index (κ3) is 3.65. The van der Waals surface area contributed by atoms with E-state index in [0.717, 1.165) is 0 Å². The number of hydrogen-bond donors (Lipinski definition) is 0. The molecule has 9 aromatic rings. The molecular formula is C49H31BN2. The SMILES string of the molecule is Cc1ccc2c(c1)-c1cccc3c1B1c4c(cccc4N3c3ccc4c5ccccc5c5ccccc5c4c3)-c3cc(-c4ccccc4)ccc3N12. The molecule has 3 aliphatic heterocycles. The lowest BCUT2D eigenvalue weighted by Crippen LogP contribution is -2.63. The van der Waals surface area contributed by atoms with E-state index >= 15 is 0 Å². The zero-order chi connectivity index (χ0) is 34.1. The van der Waals surface area contributed by atoms with Gasteiger partial charge in [-0.1, -0.05) is 127 Å². The maximum absolute atomic E-state index is 2.63. The van der Waals surface area contributed by atoms with Crippen molar-refractivity contribution in [2.45, 2.75) is 6.92 Å². The topological polar surface area (TPSA) is 6.48 Å². The van der Waals surface area contributed by atoms with Gasteiger partial charge in [0.2, 0.25) is 0 Å². The van der Waals surface area contributed by atoms with Crippen LogP contribution in [0.4, 0.5) is 28.4 Å². The molecular weight excluding hydrogens is 627 g/mol. The second-order valence-electron chi connectivity index (χ2n) is 14.5. The van der Waals surface area contributed by atoms with Gasteiger partial charge in [-0.05, 0) is 121 Å². The van der Waals surface area contributed by atoms with E-state index in [4.69, 9.17) is 0 Å². The third-order valence-corrected chi connectivity index (χ3v) is 11.8. The van der Waals surface area contributed by atoms with Crippen LogP contribution in [0.15, 0.2) is 170 Å². The van der Waals surface area contributed by atoms with Gasteiger partial charge in [0.05, 0.1) is 0 Å². The minimum Gasteiger partial charge on any atom is -0.376 e. The predicted molar refractivity (Wildman–Crippen MR) is 222 cm³/mol. The minimum absolute atomic E-state index is 0.0594. The lowest BCUT2D eigenvalue weighted by atomic mass is 9.41. The highest BCUT2D eigenvalue weighted by atomic mass is 15.2. The number of rotatable bonds is 2. The van der Waals surface area contributed by atoms with Gasteiger partial charge in [-0.25, -0.2) is 0 Å². The van der Waals surface area contributed by atoms with E-state index in [1.54, 1.807) is 0 Å². The van der Waals surface area contributed by atoms with Gasteiger partial charge in [0, 0.05) is 39.6 Å². The molecule has 3 aliphatic rings. The van der Waals surface area contributed by atoms with Gasteiger partial charge in [-0.2, -0.15) is 0 Å². The first-order chi connectivity index (χ1) is 25.7. The van der Waals surface area contributed by atoms with Gasteiger partial charge in [0.1, 0.15) is 0 Å². The Bertz CT molecular complexity index is 2970. The maximum Gasteiger partial charge on any atom is 0.333 e. The van der Waals surface area contributed by atoms with E-state index in [1.165, 1.54) is 111 Å². The second-order valence-corrected chi connectivity index (χ2v) is 14.5. The summed E-state index contributed by atoms with van der Waals surface area (Å²) in [7, 11) is 0. The normalized spacial score (nSPS) is 13.4. The fourth-order valence-corrected chi connectivity index (χ4v) is 9.64. The molecule has 0 N–H and O–H groups in total. The summed E-state index contributed by atoms with van der Waals surface area (Å²) in [6.07, 6.45) is 0. The van der Waals surface area contributed by atoms with Crippen LogP contribution in [0.1, 0.15) is 5.56 Å². The Balaban J connectivity index is 1.18. The van der Waals surface area contributed by atoms with Crippen molar-refractivity contribution in [3.8, 4) is 33.4 Å². The molecule has 0 amide bonds. The summed E-state index contributed by atoms with van der Waals surface area (Å²) in [5, 5.41) is 7.75. The molecule has 12 rings (SSSR count). The second kappa shape index (κ2) is 10.2. The standard InChI is InChI=1S/C49H31BN2/c1-30-21-25-44-42(27-30)39-17-9-19-46-48(39)50-49-40(43-28-32(22-26-45(43)52(44)50)31-11-3-2-4-12-31)18-10-20-47(49)51(46)33-23-24-38-36-15-6-5-13-34(36)35-14-7-8-16-37(35)41(38)29-33/h2-29H,1H3. The van der Waals surface area contributed by atoms with Crippen molar-refractivity contribution in [3.05, 3.63) is 175 Å². The Morgan fingerprint density at radius 3 is 1.58 bits per heavy atom. The van der Waals surface area contributed by atoms with Crippen LogP contribution in [-0.2, 0) is 0 Å². The van der Waals surface area contributed by atoms with Gasteiger partial charge in [0.25, 0.3) is 0 Å². The molecule has 0 fully saturated rings. The van der Waals surface area contributed by atoms with Gasteiger partial charge in [0.15, 0.2) is 0 Å². The first-order valence-corrected chi connectivity index (χ1v) is 18.2. The summed E-state index contributed by atoms with van der Waals surface area (Å²) in [6.45, 7) is 2.27. The van der Waals surface area contributed by atoms with Crippen LogP contribution in [0.2, 0.25) is 0 Å². The zero-order valence-corrected chi connectivity index (χ0v) is 28.6. The summed E-state index contributed by atoms with van der Waals surface area (Å²) in [4.78, 5) is 5.18. The van der Waals surface area contributed by atoms with E-state index in [-0.39, 0.29) is 6.85 Å². The fourth-order valence-electron chi connectivity index (χ4n) is 9.64. The Hall–Kier alpha value is -6.58. The van der Waals surface area contributed by atoms with Crippen LogP contribution in [0, 0.1) is 6.92 Å².